The van der Waals surface area contributed by atoms with Gasteiger partial charge in [0, 0.05) is 26.2 Å². The Hall–Kier alpha value is -0.710. The minimum Gasteiger partial charge on any atom is -0.341 e. The zero-order valence-electron chi connectivity index (χ0n) is 7.17. The van der Waals surface area contributed by atoms with Crippen molar-refractivity contribution < 1.29 is 13.6 Å². The molecule has 0 aromatic heterocycles. The van der Waals surface area contributed by atoms with E-state index in [9.17, 15) is 13.6 Å². The van der Waals surface area contributed by atoms with Gasteiger partial charge in [0.05, 0.1) is 11.8 Å². The Morgan fingerprint density at radius 2 is 2.00 bits per heavy atom. The first kappa shape index (κ1) is 8.87. The molecule has 2 aliphatic rings. The third-order valence-electron chi connectivity index (χ3n) is 2.71. The second kappa shape index (κ2) is 3.21. The zero-order chi connectivity index (χ0) is 9.42. The van der Waals surface area contributed by atoms with Crippen molar-refractivity contribution in [3.63, 3.8) is 0 Å². The molecule has 1 amide bonds. The average Bonchev–Trinajstić information content (AvgIpc) is 1.76. The molecule has 0 atom stereocenters. The molecule has 5 heteroatoms. The number of halogens is 2. The lowest BCUT2D eigenvalue weighted by molar-refractivity contribution is -0.147. The molecule has 13 heavy (non-hydrogen) atoms. The standard InChI is InChI=1S/C8H12F2N2O/c9-7(10)6-3-12(4-6)8(13)5-1-11-2-5/h5-7,11H,1-4H2. The Morgan fingerprint density at radius 3 is 2.38 bits per heavy atom. The second-order valence-electron chi connectivity index (χ2n) is 3.69. The number of likely N-dealkylation sites (tertiary alicyclic amines) is 1. The number of amides is 1. The van der Waals surface area contributed by atoms with E-state index in [-0.39, 0.29) is 24.9 Å². The molecule has 0 bridgehead atoms. The fourth-order valence-corrected chi connectivity index (χ4v) is 1.57. The maximum absolute atomic E-state index is 12.1. The van der Waals surface area contributed by atoms with Crippen molar-refractivity contribution in [2.75, 3.05) is 26.2 Å². The number of hydrogen-bond donors (Lipinski definition) is 1. The van der Waals surface area contributed by atoms with Crippen LogP contribution in [0.3, 0.4) is 0 Å². The maximum Gasteiger partial charge on any atom is 0.244 e. The summed E-state index contributed by atoms with van der Waals surface area (Å²) in [4.78, 5) is 12.9. The highest BCUT2D eigenvalue weighted by molar-refractivity contribution is 5.81. The minimum absolute atomic E-state index is 0.0376. The van der Waals surface area contributed by atoms with Gasteiger partial charge in [0.2, 0.25) is 12.3 Å². The number of carbonyl (C=O) groups is 1. The van der Waals surface area contributed by atoms with Crippen molar-refractivity contribution in [3.8, 4) is 0 Å². The van der Waals surface area contributed by atoms with Crippen molar-refractivity contribution in [1.82, 2.24) is 10.2 Å². The van der Waals surface area contributed by atoms with Gasteiger partial charge in [0.15, 0.2) is 0 Å². The normalized spacial score (nSPS) is 24.4. The van der Waals surface area contributed by atoms with E-state index in [0.717, 1.165) is 0 Å². The molecule has 74 valence electrons. The summed E-state index contributed by atoms with van der Waals surface area (Å²) < 4.78 is 24.1. The van der Waals surface area contributed by atoms with Crippen LogP contribution >= 0.6 is 0 Å². The molecule has 2 saturated heterocycles. The van der Waals surface area contributed by atoms with E-state index < -0.39 is 12.3 Å². The third-order valence-corrected chi connectivity index (χ3v) is 2.71. The van der Waals surface area contributed by atoms with Crippen LogP contribution in [0.4, 0.5) is 8.78 Å². The molecule has 0 aromatic rings. The predicted molar refractivity (Wildman–Crippen MR) is 42.4 cm³/mol. The quantitative estimate of drug-likeness (QED) is 0.661. The summed E-state index contributed by atoms with van der Waals surface area (Å²) in [7, 11) is 0. The van der Waals surface area contributed by atoms with Gasteiger partial charge in [-0.2, -0.15) is 0 Å². The molecular weight excluding hydrogens is 178 g/mol. The number of nitrogens with zero attached hydrogens (tertiary/aromatic N) is 1. The Labute approximate surface area is 75.1 Å². The molecule has 0 unspecified atom stereocenters. The lowest BCUT2D eigenvalue weighted by atomic mass is 9.95. The van der Waals surface area contributed by atoms with E-state index >= 15 is 0 Å². The highest BCUT2D eigenvalue weighted by atomic mass is 19.3. The molecule has 2 fully saturated rings. The molecule has 0 spiro atoms. The number of alkyl halides is 2. The Morgan fingerprint density at radius 1 is 1.38 bits per heavy atom. The van der Waals surface area contributed by atoms with Crippen LogP contribution < -0.4 is 5.32 Å². The summed E-state index contributed by atoms with van der Waals surface area (Å²) in [6, 6.07) is 0. The zero-order valence-corrected chi connectivity index (χ0v) is 7.17. The minimum atomic E-state index is -2.27. The van der Waals surface area contributed by atoms with Crippen LogP contribution in [0.15, 0.2) is 0 Å². The molecule has 2 aliphatic heterocycles. The van der Waals surface area contributed by atoms with Crippen molar-refractivity contribution >= 4 is 5.91 Å². The van der Waals surface area contributed by atoms with Gasteiger partial charge in [-0.05, 0) is 0 Å². The molecule has 0 aromatic carbocycles. The highest BCUT2D eigenvalue weighted by Crippen LogP contribution is 2.24. The summed E-state index contributed by atoms with van der Waals surface area (Å²) in [5.74, 6) is -0.508. The van der Waals surface area contributed by atoms with E-state index in [2.05, 4.69) is 5.32 Å². The predicted octanol–water partition coefficient (Wildman–Crippen LogP) is -0.0707. The Kier molecular flexibility index (Phi) is 2.19. The van der Waals surface area contributed by atoms with E-state index in [1.165, 1.54) is 4.90 Å². The molecule has 0 radical (unpaired) electrons. The summed E-state index contributed by atoms with van der Waals surface area (Å²) in [6.45, 7) is 1.89. The van der Waals surface area contributed by atoms with Crippen LogP contribution in [-0.2, 0) is 4.79 Å². The van der Waals surface area contributed by atoms with E-state index in [0.29, 0.717) is 13.1 Å². The van der Waals surface area contributed by atoms with Crippen molar-refractivity contribution in [1.29, 1.82) is 0 Å². The van der Waals surface area contributed by atoms with Crippen LogP contribution in [0.25, 0.3) is 0 Å². The fourth-order valence-electron chi connectivity index (χ4n) is 1.57. The van der Waals surface area contributed by atoms with Crippen LogP contribution in [0.2, 0.25) is 0 Å². The van der Waals surface area contributed by atoms with Crippen LogP contribution in [0, 0.1) is 11.8 Å². The first-order valence-corrected chi connectivity index (χ1v) is 4.46. The smallest absolute Gasteiger partial charge is 0.244 e. The van der Waals surface area contributed by atoms with Crippen molar-refractivity contribution in [2.24, 2.45) is 11.8 Å². The number of nitrogens with one attached hydrogen (secondary N) is 1. The van der Waals surface area contributed by atoms with Gasteiger partial charge in [-0.25, -0.2) is 8.78 Å². The second-order valence-corrected chi connectivity index (χ2v) is 3.69. The Balaban J connectivity index is 1.76. The van der Waals surface area contributed by atoms with E-state index in [4.69, 9.17) is 0 Å². The van der Waals surface area contributed by atoms with Crippen molar-refractivity contribution in [2.45, 2.75) is 6.43 Å². The molecular formula is C8H12F2N2O. The van der Waals surface area contributed by atoms with Crippen LogP contribution in [0.5, 0.6) is 0 Å². The average molecular weight is 190 g/mol. The molecule has 0 saturated carbocycles. The van der Waals surface area contributed by atoms with Gasteiger partial charge in [-0.15, -0.1) is 0 Å². The maximum atomic E-state index is 12.1. The topological polar surface area (TPSA) is 32.3 Å². The Bertz CT molecular complexity index is 212. The van der Waals surface area contributed by atoms with E-state index in [1.807, 2.05) is 0 Å². The lowest BCUT2D eigenvalue weighted by Crippen LogP contribution is -2.59. The molecule has 0 aliphatic carbocycles. The fraction of sp³-hybridized carbons (Fsp3) is 0.875. The van der Waals surface area contributed by atoms with Crippen molar-refractivity contribution in [3.05, 3.63) is 0 Å². The molecule has 2 rings (SSSR count). The monoisotopic (exact) mass is 190 g/mol. The third kappa shape index (κ3) is 1.52. The first-order valence-electron chi connectivity index (χ1n) is 4.46. The van der Waals surface area contributed by atoms with E-state index in [1.54, 1.807) is 0 Å². The van der Waals surface area contributed by atoms with Gasteiger partial charge < -0.3 is 10.2 Å². The van der Waals surface area contributed by atoms with Crippen LogP contribution in [-0.4, -0.2) is 43.4 Å². The molecule has 2 heterocycles. The van der Waals surface area contributed by atoms with Gasteiger partial charge in [-0.3, -0.25) is 4.79 Å². The SMILES string of the molecule is O=C(C1CNC1)N1CC(C(F)F)C1. The number of rotatable bonds is 2. The summed E-state index contributed by atoms with van der Waals surface area (Å²) >= 11 is 0. The number of hydrogen-bond acceptors (Lipinski definition) is 2. The first-order chi connectivity index (χ1) is 6.18. The summed E-state index contributed by atoms with van der Waals surface area (Å²) in [5.41, 5.74) is 0. The van der Waals surface area contributed by atoms with Gasteiger partial charge in [0.25, 0.3) is 0 Å². The van der Waals surface area contributed by atoms with Crippen LogP contribution in [0.1, 0.15) is 0 Å². The molecule has 1 N–H and O–H groups in total. The lowest BCUT2D eigenvalue weighted by Gasteiger charge is -2.42. The summed E-state index contributed by atoms with van der Waals surface area (Å²) in [6.07, 6.45) is -2.27. The van der Waals surface area contributed by atoms with Gasteiger partial charge >= 0.3 is 0 Å². The molecule has 3 nitrogen and oxygen atoms in total. The number of carbonyl (C=O) groups excluding carboxylic acids is 1. The van der Waals surface area contributed by atoms with Gasteiger partial charge in [0.1, 0.15) is 0 Å². The highest BCUT2D eigenvalue weighted by Gasteiger charge is 2.40. The summed E-state index contributed by atoms with van der Waals surface area (Å²) in [5, 5.41) is 2.98. The largest absolute Gasteiger partial charge is 0.341 e. The van der Waals surface area contributed by atoms with Gasteiger partial charge in [-0.1, -0.05) is 0 Å².